The molecular formula is C33H33N3O3. The van der Waals surface area contributed by atoms with Gasteiger partial charge in [0.1, 0.15) is 11.8 Å². The normalized spacial score (nSPS) is 16.6. The second-order valence-electron chi connectivity index (χ2n) is 10.7. The molecule has 1 atom stereocenters. The second kappa shape index (κ2) is 10.7. The van der Waals surface area contributed by atoms with Crippen molar-refractivity contribution in [2.45, 2.75) is 38.9 Å². The smallest absolute Gasteiger partial charge is 0.248 e. The first-order chi connectivity index (χ1) is 18.7. The quantitative estimate of drug-likeness (QED) is 0.356. The fourth-order valence-corrected chi connectivity index (χ4v) is 4.99. The van der Waals surface area contributed by atoms with Crippen LogP contribution in [-0.2, 0) is 16.1 Å². The van der Waals surface area contributed by atoms with Crippen LogP contribution < -0.4 is 10.1 Å². The number of carbonyl (C=O) groups is 2. The zero-order valence-corrected chi connectivity index (χ0v) is 22.7. The summed E-state index contributed by atoms with van der Waals surface area (Å²) in [4.78, 5) is 30.0. The summed E-state index contributed by atoms with van der Waals surface area (Å²) in [5.74, 6) is 0.248. The summed E-state index contributed by atoms with van der Waals surface area (Å²) >= 11 is 0. The maximum Gasteiger partial charge on any atom is 0.248 e. The van der Waals surface area contributed by atoms with Gasteiger partial charge in [-0.15, -0.1) is 0 Å². The van der Waals surface area contributed by atoms with Crippen molar-refractivity contribution in [2.24, 2.45) is 0 Å². The van der Waals surface area contributed by atoms with Crippen LogP contribution in [0.1, 0.15) is 49.2 Å². The lowest BCUT2D eigenvalue weighted by atomic mass is 9.99. The zero-order chi connectivity index (χ0) is 27.6. The molecule has 0 aliphatic carbocycles. The van der Waals surface area contributed by atoms with E-state index < -0.39 is 11.6 Å². The Morgan fingerprint density at radius 3 is 2.28 bits per heavy atom. The topological polar surface area (TPSA) is 63.6 Å². The van der Waals surface area contributed by atoms with Crippen LogP contribution >= 0.6 is 0 Å². The maximum absolute atomic E-state index is 14.3. The lowest BCUT2D eigenvalue weighted by Crippen LogP contribution is -2.49. The second-order valence-corrected chi connectivity index (χ2v) is 10.7. The molecule has 5 rings (SSSR count). The third-order valence-corrected chi connectivity index (χ3v) is 6.72. The van der Waals surface area contributed by atoms with Gasteiger partial charge in [0.15, 0.2) is 0 Å². The van der Waals surface area contributed by atoms with Crippen LogP contribution in [0.4, 0.5) is 0 Å². The first-order valence-corrected chi connectivity index (χ1v) is 13.0. The molecule has 0 saturated carbocycles. The number of fused-ring (bicyclic) bond motifs is 3. The lowest BCUT2D eigenvalue weighted by molar-refractivity contribution is -0.138. The zero-order valence-electron chi connectivity index (χ0n) is 22.7. The summed E-state index contributed by atoms with van der Waals surface area (Å²) in [6.07, 6.45) is 3.64. The molecule has 1 aliphatic heterocycles. The van der Waals surface area contributed by atoms with E-state index in [-0.39, 0.29) is 18.4 Å². The largest absolute Gasteiger partial charge is 0.497 e. The maximum atomic E-state index is 14.3. The Morgan fingerprint density at radius 1 is 0.897 bits per heavy atom. The van der Waals surface area contributed by atoms with E-state index in [0.29, 0.717) is 0 Å². The number of hydrogen-bond donors (Lipinski definition) is 1. The molecule has 3 aromatic carbocycles. The fraction of sp³-hybridized carbons (Fsp3) is 0.212. The Morgan fingerprint density at radius 2 is 1.59 bits per heavy atom. The number of ether oxygens (including phenoxy) is 1. The van der Waals surface area contributed by atoms with Crippen molar-refractivity contribution < 1.29 is 14.3 Å². The van der Waals surface area contributed by atoms with Gasteiger partial charge in [0.05, 0.1) is 18.5 Å². The molecule has 4 aromatic rings. The highest BCUT2D eigenvalue weighted by Crippen LogP contribution is 2.35. The van der Waals surface area contributed by atoms with E-state index in [4.69, 9.17) is 4.74 Å². The van der Waals surface area contributed by atoms with Crippen LogP contribution in [-0.4, -0.2) is 33.9 Å². The minimum Gasteiger partial charge on any atom is -0.497 e. The molecule has 1 N–H and O–H groups in total. The Hall–Kier alpha value is -4.58. The van der Waals surface area contributed by atoms with Crippen molar-refractivity contribution in [1.82, 2.24) is 14.8 Å². The predicted molar refractivity (Wildman–Crippen MR) is 153 cm³/mol. The van der Waals surface area contributed by atoms with Crippen LogP contribution in [0.15, 0.2) is 103 Å². The van der Waals surface area contributed by atoms with E-state index in [1.807, 2.05) is 118 Å². The molecule has 1 unspecified atom stereocenters. The molecule has 0 bridgehead atoms. The third kappa shape index (κ3) is 5.50. The van der Waals surface area contributed by atoms with E-state index in [9.17, 15) is 9.59 Å². The van der Waals surface area contributed by atoms with E-state index in [1.54, 1.807) is 18.1 Å². The Labute approximate surface area is 229 Å². The van der Waals surface area contributed by atoms with Gasteiger partial charge in [0, 0.05) is 35.5 Å². The highest BCUT2D eigenvalue weighted by molar-refractivity contribution is 6.02. The average molecular weight is 520 g/mol. The fourth-order valence-electron chi connectivity index (χ4n) is 4.99. The molecule has 1 aromatic heterocycles. The number of nitrogens with zero attached hydrogens (tertiary/aromatic N) is 2. The van der Waals surface area contributed by atoms with Crippen molar-refractivity contribution in [1.29, 1.82) is 0 Å². The van der Waals surface area contributed by atoms with Crippen LogP contribution in [0.2, 0.25) is 0 Å². The summed E-state index contributed by atoms with van der Waals surface area (Å²) in [6.45, 7) is 6.07. The van der Waals surface area contributed by atoms with E-state index in [2.05, 4.69) is 9.88 Å². The van der Waals surface area contributed by atoms with E-state index >= 15 is 0 Å². The molecule has 1 aliphatic rings. The molecule has 0 saturated heterocycles. The number of rotatable bonds is 5. The van der Waals surface area contributed by atoms with Crippen molar-refractivity contribution in [3.8, 4) is 11.4 Å². The average Bonchev–Trinajstić information content (AvgIpc) is 3.41. The first-order valence-electron chi connectivity index (χ1n) is 13.0. The molecule has 198 valence electrons. The minimum atomic E-state index is -0.864. The highest BCUT2D eigenvalue weighted by atomic mass is 16.5. The molecule has 6 heteroatoms. The van der Waals surface area contributed by atoms with Gasteiger partial charge in [-0.05, 0) is 62.2 Å². The number of benzene rings is 3. The number of para-hydroxylation sites is 1. The van der Waals surface area contributed by atoms with Gasteiger partial charge in [-0.3, -0.25) is 9.59 Å². The Bertz CT molecular complexity index is 1510. The number of aromatic nitrogens is 1. The minimum absolute atomic E-state index is 0.234. The lowest BCUT2D eigenvalue weighted by Gasteiger charge is -2.34. The van der Waals surface area contributed by atoms with Crippen LogP contribution in [0.3, 0.4) is 0 Å². The molecule has 6 nitrogen and oxygen atoms in total. The van der Waals surface area contributed by atoms with Gasteiger partial charge in [-0.2, -0.15) is 0 Å². The summed E-state index contributed by atoms with van der Waals surface area (Å²) in [5, 5.41) is 3.13. The summed E-state index contributed by atoms with van der Waals surface area (Å²) in [5.41, 5.74) is 4.60. The van der Waals surface area contributed by atoms with Gasteiger partial charge in [-0.1, -0.05) is 60.7 Å². The highest BCUT2D eigenvalue weighted by Gasteiger charge is 2.36. The SMILES string of the molecule is COc1ccc(CN2C(=O)/C=C(/c3ccccc3)c3cccn3-c3ccccc3C2C(=O)NC(C)(C)C)cc1. The van der Waals surface area contributed by atoms with Crippen molar-refractivity contribution in [2.75, 3.05) is 7.11 Å². The molecule has 0 radical (unpaired) electrons. The van der Waals surface area contributed by atoms with Crippen molar-refractivity contribution in [3.05, 3.63) is 126 Å². The number of amides is 2. The van der Waals surface area contributed by atoms with Gasteiger partial charge in [0.2, 0.25) is 11.8 Å². The van der Waals surface area contributed by atoms with Crippen LogP contribution in [0, 0.1) is 0 Å². The van der Waals surface area contributed by atoms with Crippen molar-refractivity contribution in [3.63, 3.8) is 0 Å². The number of hydrogen-bond acceptors (Lipinski definition) is 3. The summed E-state index contributed by atoms with van der Waals surface area (Å²) in [7, 11) is 1.62. The first kappa shape index (κ1) is 26.0. The van der Waals surface area contributed by atoms with Crippen LogP contribution in [0.5, 0.6) is 5.75 Å². The number of carbonyl (C=O) groups excluding carboxylic acids is 2. The van der Waals surface area contributed by atoms with Gasteiger partial charge in [-0.25, -0.2) is 0 Å². The molecule has 0 spiro atoms. The summed E-state index contributed by atoms with van der Waals surface area (Å²) in [6, 6.07) is 28.4. The molecule has 2 heterocycles. The van der Waals surface area contributed by atoms with Crippen LogP contribution in [0.25, 0.3) is 11.3 Å². The Kier molecular flexibility index (Phi) is 7.11. The predicted octanol–water partition coefficient (Wildman–Crippen LogP) is 5.92. The molecule has 39 heavy (non-hydrogen) atoms. The number of methoxy groups -OCH3 is 1. The molecule has 2 amide bonds. The van der Waals surface area contributed by atoms with Gasteiger partial charge in [0.25, 0.3) is 0 Å². The Balaban J connectivity index is 1.75. The van der Waals surface area contributed by atoms with Crippen molar-refractivity contribution >= 4 is 17.4 Å². The molecular weight excluding hydrogens is 486 g/mol. The van der Waals surface area contributed by atoms with E-state index in [1.165, 1.54) is 0 Å². The van der Waals surface area contributed by atoms with Gasteiger partial charge < -0.3 is 19.5 Å². The monoisotopic (exact) mass is 519 g/mol. The summed E-state index contributed by atoms with van der Waals surface area (Å²) < 4.78 is 7.39. The standard InChI is InChI=1S/C33H33N3O3/c1-33(2,3)34-32(38)31-26-13-8-9-14-28(26)35-20-10-15-29(35)27(24-11-6-5-7-12-24)21-30(37)36(31)22-23-16-18-25(39-4)19-17-23/h5-21,31H,22H2,1-4H3,(H,34,38)/b27-21-. The van der Waals surface area contributed by atoms with E-state index in [0.717, 1.165) is 39.4 Å². The number of nitrogens with one attached hydrogen (secondary N) is 1. The molecule has 0 fully saturated rings. The van der Waals surface area contributed by atoms with Gasteiger partial charge >= 0.3 is 0 Å². The third-order valence-electron chi connectivity index (χ3n) is 6.72.